The third-order valence-electron chi connectivity index (χ3n) is 4.77. The van der Waals surface area contributed by atoms with Gasteiger partial charge < -0.3 is 20.1 Å². The molecule has 1 aromatic carbocycles. The van der Waals surface area contributed by atoms with Crippen LogP contribution in [-0.2, 0) is 0 Å². The third kappa shape index (κ3) is 3.59. The Kier molecular flexibility index (Phi) is 4.41. The van der Waals surface area contributed by atoms with Crippen LogP contribution in [-0.4, -0.2) is 24.2 Å². The second kappa shape index (κ2) is 6.86. The van der Waals surface area contributed by atoms with E-state index in [0.29, 0.717) is 24.9 Å². The molecule has 2 aromatic rings. The van der Waals surface area contributed by atoms with Gasteiger partial charge >= 0.3 is 6.03 Å². The van der Waals surface area contributed by atoms with Gasteiger partial charge in [-0.05, 0) is 61.9 Å². The van der Waals surface area contributed by atoms with Crippen molar-refractivity contribution in [1.29, 1.82) is 0 Å². The molecule has 2 amide bonds. The smallest absolute Gasteiger partial charge is 0.319 e. The van der Waals surface area contributed by atoms with Crippen molar-refractivity contribution in [2.45, 2.75) is 32.7 Å². The topological polar surface area (TPSA) is 72.5 Å². The summed E-state index contributed by atoms with van der Waals surface area (Å²) in [5.74, 6) is 1.84. The van der Waals surface area contributed by atoms with Crippen molar-refractivity contribution in [2.24, 2.45) is 5.92 Å². The van der Waals surface area contributed by atoms with E-state index in [-0.39, 0.29) is 12.1 Å². The number of aromatic nitrogens is 1. The van der Waals surface area contributed by atoms with Gasteiger partial charge in [0.25, 0.3) is 0 Å². The highest BCUT2D eigenvalue weighted by Gasteiger charge is 2.34. The highest BCUT2D eigenvalue weighted by molar-refractivity contribution is 5.91. The maximum atomic E-state index is 12.6. The molecule has 0 radical (unpaired) electrons. The predicted octanol–water partition coefficient (Wildman–Crippen LogP) is 3.74. The summed E-state index contributed by atoms with van der Waals surface area (Å²) in [6.45, 7) is 5.04. The van der Waals surface area contributed by atoms with Crippen LogP contribution in [0.2, 0.25) is 0 Å². The number of nitrogens with one attached hydrogen (secondary N) is 2. The average Bonchev–Trinajstić information content (AvgIpc) is 3.45. The molecule has 1 saturated carbocycles. The minimum atomic E-state index is -0.231. The van der Waals surface area contributed by atoms with Crippen molar-refractivity contribution in [3.05, 3.63) is 47.3 Å². The second-order valence-electron chi connectivity index (χ2n) is 6.98. The van der Waals surface area contributed by atoms with Crippen molar-refractivity contribution in [3.63, 3.8) is 0 Å². The molecule has 6 nitrogen and oxygen atoms in total. The molecule has 26 heavy (non-hydrogen) atoms. The minimum absolute atomic E-state index is 0.0626. The van der Waals surface area contributed by atoms with E-state index >= 15 is 0 Å². The van der Waals surface area contributed by atoms with E-state index in [1.54, 1.807) is 6.20 Å². The number of aryl methyl sites for hydroxylation is 2. The summed E-state index contributed by atoms with van der Waals surface area (Å²) in [5.41, 5.74) is 3.71. The first-order chi connectivity index (χ1) is 12.6. The molecule has 1 fully saturated rings. The van der Waals surface area contributed by atoms with E-state index in [2.05, 4.69) is 15.6 Å². The van der Waals surface area contributed by atoms with Crippen LogP contribution in [0.3, 0.4) is 0 Å². The summed E-state index contributed by atoms with van der Waals surface area (Å²) in [6, 6.07) is 7.42. The van der Waals surface area contributed by atoms with E-state index in [0.717, 1.165) is 41.1 Å². The number of rotatable bonds is 4. The number of hydrogen-bond acceptors (Lipinski definition) is 4. The van der Waals surface area contributed by atoms with Gasteiger partial charge in [-0.15, -0.1) is 0 Å². The Hall–Kier alpha value is -2.76. The number of pyridine rings is 1. The lowest BCUT2D eigenvalue weighted by atomic mass is 10.1. The molecule has 0 unspecified atom stereocenters. The van der Waals surface area contributed by atoms with Crippen LogP contribution in [0.25, 0.3) is 0 Å². The number of amides is 2. The van der Waals surface area contributed by atoms with Crippen molar-refractivity contribution < 1.29 is 14.3 Å². The molecule has 136 valence electrons. The van der Waals surface area contributed by atoms with Gasteiger partial charge in [-0.3, -0.25) is 4.98 Å². The van der Waals surface area contributed by atoms with Crippen LogP contribution < -0.4 is 20.1 Å². The number of carbonyl (C=O) groups is 1. The standard InChI is InChI=1S/C20H23N3O3/c1-12-5-6-21-16(9-12)19(14-3-4-14)23-20(24)22-15-11-18-17(10-13(15)2)25-7-8-26-18/h5-6,9-11,14,19H,3-4,7-8H2,1-2H3,(H2,22,23,24)/t19-/m1/s1. The van der Waals surface area contributed by atoms with E-state index in [1.165, 1.54) is 0 Å². The maximum absolute atomic E-state index is 12.6. The largest absolute Gasteiger partial charge is 0.486 e. The molecule has 0 saturated heterocycles. The lowest BCUT2D eigenvalue weighted by Crippen LogP contribution is -2.34. The Morgan fingerprint density at radius 3 is 2.58 bits per heavy atom. The predicted molar refractivity (Wildman–Crippen MR) is 98.8 cm³/mol. The average molecular weight is 353 g/mol. The Morgan fingerprint density at radius 2 is 1.88 bits per heavy atom. The SMILES string of the molecule is Cc1ccnc([C@H](NC(=O)Nc2cc3c(cc2C)OCCO3)C2CC2)c1. The Bertz CT molecular complexity index is 833. The molecule has 2 aliphatic rings. The van der Waals surface area contributed by atoms with Gasteiger partial charge in [0.2, 0.25) is 0 Å². The number of hydrogen-bond donors (Lipinski definition) is 2. The highest BCUT2D eigenvalue weighted by Crippen LogP contribution is 2.41. The Balaban J connectivity index is 1.49. The number of anilines is 1. The van der Waals surface area contributed by atoms with Crippen molar-refractivity contribution in [3.8, 4) is 11.5 Å². The van der Waals surface area contributed by atoms with Crippen molar-refractivity contribution in [2.75, 3.05) is 18.5 Å². The van der Waals surface area contributed by atoms with Crippen LogP contribution in [0.4, 0.5) is 10.5 Å². The number of nitrogens with zero attached hydrogens (tertiary/aromatic N) is 1. The van der Waals surface area contributed by atoms with Gasteiger partial charge in [-0.1, -0.05) is 0 Å². The van der Waals surface area contributed by atoms with Crippen LogP contribution in [0.15, 0.2) is 30.5 Å². The molecular formula is C20H23N3O3. The van der Waals surface area contributed by atoms with E-state index < -0.39 is 0 Å². The molecule has 6 heteroatoms. The molecule has 2 N–H and O–H groups in total. The van der Waals surface area contributed by atoms with Gasteiger partial charge in [-0.2, -0.15) is 0 Å². The van der Waals surface area contributed by atoms with E-state index in [4.69, 9.17) is 9.47 Å². The monoisotopic (exact) mass is 353 g/mol. The summed E-state index contributed by atoms with van der Waals surface area (Å²) in [4.78, 5) is 17.1. The van der Waals surface area contributed by atoms with E-state index in [1.807, 2.05) is 38.1 Å². The summed E-state index contributed by atoms with van der Waals surface area (Å²) in [6.07, 6.45) is 4.03. The maximum Gasteiger partial charge on any atom is 0.319 e. The first-order valence-corrected chi connectivity index (χ1v) is 9.00. The fraction of sp³-hybridized carbons (Fsp3) is 0.400. The zero-order chi connectivity index (χ0) is 18.1. The minimum Gasteiger partial charge on any atom is -0.486 e. The summed E-state index contributed by atoms with van der Waals surface area (Å²) in [7, 11) is 0. The number of urea groups is 1. The van der Waals surface area contributed by atoms with Crippen molar-refractivity contribution in [1.82, 2.24) is 10.3 Å². The van der Waals surface area contributed by atoms with E-state index in [9.17, 15) is 4.79 Å². The zero-order valence-electron chi connectivity index (χ0n) is 15.0. The molecule has 1 aliphatic heterocycles. The lowest BCUT2D eigenvalue weighted by molar-refractivity contribution is 0.171. The molecule has 1 aliphatic carbocycles. The number of ether oxygens (including phenoxy) is 2. The number of carbonyl (C=O) groups excluding carboxylic acids is 1. The molecular weight excluding hydrogens is 330 g/mol. The summed E-state index contributed by atoms with van der Waals surface area (Å²) >= 11 is 0. The summed E-state index contributed by atoms with van der Waals surface area (Å²) < 4.78 is 11.2. The van der Waals surface area contributed by atoms with Crippen molar-refractivity contribution >= 4 is 11.7 Å². The van der Waals surface area contributed by atoms with Crippen LogP contribution in [0, 0.1) is 19.8 Å². The molecule has 0 bridgehead atoms. The zero-order valence-corrected chi connectivity index (χ0v) is 15.0. The molecule has 4 rings (SSSR count). The van der Waals surface area contributed by atoms with Gasteiger partial charge in [0.05, 0.1) is 11.7 Å². The first-order valence-electron chi connectivity index (χ1n) is 9.00. The highest BCUT2D eigenvalue weighted by atomic mass is 16.6. The third-order valence-corrected chi connectivity index (χ3v) is 4.77. The van der Waals surface area contributed by atoms with Crippen LogP contribution in [0.1, 0.15) is 35.7 Å². The van der Waals surface area contributed by atoms with Crippen LogP contribution >= 0.6 is 0 Å². The Labute approximate surface area is 152 Å². The van der Waals surface area contributed by atoms with Gasteiger partial charge in [0, 0.05) is 18.0 Å². The molecule has 1 atom stereocenters. The normalized spacial score (nSPS) is 16.7. The van der Waals surface area contributed by atoms with Crippen LogP contribution in [0.5, 0.6) is 11.5 Å². The second-order valence-corrected chi connectivity index (χ2v) is 6.98. The molecule has 0 spiro atoms. The Morgan fingerprint density at radius 1 is 1.15 bits per heavy atom. The van der Waals surface area contributed by atoms with Gasteiger partial charge in [0.1, 0.15) is 13.2 Å². The van der Waals surface area contributed by atoms with Gasteiger partial charge in [-0.25, -0.2) is 4.79 Å². The fourth-order valence-corrected chi connectivity index (χ4v) is 3.22. The summed E-state index contributed by atoms with van der Waals surface area (Å²) in [5, 5.41) is 6.04. The lowest BCUT2D eigenvalue weighted by Gasteiger charge is -2.22. The van der Waals surface area contributed by atoms with Gasteiger partial charge in [0.15, 0.2) is 11.5 Å². The number of fused-ring (bicyclic) bond motifs is 1. The molecule has 2 heterocycles. The first kappa shape index (κ1) is 16.7. The quantitative estimate of drug-likeness (QED) is 0.878. The molecule has 1 aromatic heterocycles. The number of benzene rings is 1. The fourth-order valence-electron chi connectivity index (χ4n) is 3.22.